The van der Waals surface area contributed by atoms with Crippen LogP contribution in [0.25, 0.3) is 10.8 Å². The highest BCUT2D eigenvalue weighted by Crippen LogP contribution is 2.28. The second kappa shape index (κ2) is 8.63. The Bertz CT molecular complexity index is 845. The molecule has 2 fully saturated rings. The molecule has 0 unspecified atom stereocenters. The number of benzene rings is 2. The Hall–Kier alpha value is -2.56. The molecule has 1 N–H and O–H groups in total. The van der Waals surface area contributed by atoms with Gasteiger partial charge in [0.15, 0.2) is 0 Å². The largest absolute Gasteiger partial charge is 0.341 e. The van der Waals surface area contributed by atoms with Gasteiger partial charge in [-0.05, 0) is 48.1 Å². The van der Waals surface area contributed by atoms with Crippen molar-refractivity contribution < 1.29 is 9.59 Å². The molecule has 5 nitrogen and oxygen atoms in total. The summed E-state index contributed by atoms with van der Waals surface area (Å²) >= 11 is 0. The van der Waals surface area contributed by atoms with Gasteiger partial charge in [-0.15, -0.1) is 0 Å². The summed E-state index contributed by atoms with van der Waals surface area (Å²) in [6, 6.07) is 14.0. The van der Waals surface area contributed by atoms with Gasteiger partial charge in [-0.25, -0.2) is 4.79 Å². The summed E-state index contributed by atoms with van der Waals surface area (Å²) < 4.78 is 0. The molecular weight excluding hydrogens is 350 g/mol. The van der Waals surface area contributed by atoms with Crippen LogP contribution in [0.2, 0.25) is 0 Å². The molecule has 5 heteroatoms. The molecular formula is C23H29N3O2. The average molecular weight is 380 g/mol. The summed E-state index contributed by atoms with van der Waals surface area (Å²) in [5.74, 6) is 0.840. The number of anilines is 1. The Balaban J connectivity index is 1.32. The second-order valence-electron chi connectivity index (χ2n) is 8.07. The lowest BCUT2D eigenvalue weighted by Crippen LogP contribution is -2.39. The van der Waals surface area contributed by atoms with Gasteiger partial charge in [0.05, 0.1) is 0 Å². The van der Waals surface area contributed by atoms with E-state index in [-0.39, 0.29) is 11.9 Å². The van der Waals surface area contributed by atoms with Crippen molar-refractivity contribution >= 4 is 28.4 Å². The van der Waals surface area contributed by atoms with Crippen LogP contribution in [0.3, 0.4) is 0 Å². The molecule has 148 valence electrons. The molecule has 2 aliphatic rings. The topological polar surface area (TPSA) is 52.7 Å². The smallest absolute Gasteiger partial charge is 0.321 e. The van der Waals surface area contributed by atoms with Crippen LogP contribution in [0, 0.1) is 5.92 Å². The highest BCUT2D eigenvalue weighted by molar-refractivity contribution is 5.93. The molecule has 2 aromatic carbocycles. The normalized spacial score (nSPS) is 18.3. The number of carbonyl (C=O) groups excluding carboxylic acids is 2. The number of hydrogen-bond acceptors (Lipinski definition) is 2. The van der Waals surface area contributed by atoms with Crippen molar-refractivity contribution in [3.63, 3.8) is 0 Å². The van der Waals surface area contributed by atoms with Gasteiger partial charge in [0, 0.05) is 38.3 Å². The van der Waals surface area contributed by atoms with Crippen LogP contribution in [-0.2, 0) is 4.79 Å². The Morgan fingerprint density at radius 1 is 0.857 bits per heavy atom. The monoisotopic (exact) mass is 379 g/mol. The first-order valence-electron chi connectivity index (χ1n) is 10.5. The van der Waals surface area contributed by atoms with Gasteiger partial charge in [-0.2, -0.15) is 0 Å². The maximum absolute atomic E-state index is 12.7. The molecule has 1 saturated carbocycles. The van der Waals surface area contributed by atoms with E-state index in [1.807, 2.05) is 46.2 Å². The van der Waals surface area contributed by atoms with Crippen molar-refractivity contribution in [3.05, 3.63) is 42.5 Å². The van der Waals surface area contributed by atoms with Crippen LogP contribution >= 0.6 is 0 Å². The molecule has 4 rings (SSSR count). The molecule has 0 atom stereocenters. The van der Waals surface area contributed by atoms with E-state index in [9.17, 15) is 9.59 Å². The molecule has 0 spiro atoms. The summed E-state index contributed by atoms with van der Waals surface area (Å²) in [4.78, 5) is 29.1. The van der Waals surface area contributed by atoms with Gasteiger partial charge in [-0.1, -0.05) is 43.2 Å². The molecule has 0 radical (unpaired) electrons. The van der Waals surface area contributed by atoms with E-state index in [4.69, 9.17) is 0 Å². The van der Waals surface area contributed by atoms with E-state index >= 15 is 0 Å². The lowest BCUT2D eigenvalue weighted by atomic mass is 10.0. The number of amides is 3. The van der Waals surface area contributed by atoms with Crippen LogP contribution in [-0.4, -0.2) is 47.9 Å². The molecule has 1 saturated heterocycles. The Labute approximate surface area is 166 Å². The van der Waals surface area contributed by atoms with Crippen LogP contribution in [0.15, 0.2) is 42.5 Å². The van der Waals surface area contributed by atoms with Gasteiger partial charge in [0.25, 0.3) is 0 Å². The van der Waals surface area contributed by atoms with Gasteiger partial charge >= 0.3 is 6.03 Å². The van der Waals surface area contributed by atoms with Crippen molar-refractivity contribution in [2.75, 3.05) is 31.5 Å². The van der Waals surface area contributed by atoms with Crippen LogP contribution in [0.4, 0.5) is 10.5 Å². The minimum absolute atomic E-state index is 0.0830. The summed E-state index contributed by atoms with van der Waals surface area (Å²) in [7, 11) is 0. The Morgan fingerprint density at radius 2 is 1.57 bits per heavy atom. The van der Waals surface area contributed by atoms with Crippen molar-refractivity contribution in [3.8, 4) is 0 Å². The Kier molecular flexibility index (Phi) is 5.79. The number of hydrogen-bond donors (Lipinski definition) is 1. The zero-order valence-corrected chi connectivity index (χ0v) is 16.4. The number of nitrogens with one attached hydrogen (secondary N) is 1. The molecule has 3 amide bonds. The predicted molar refractivity (Wildman–Crippen MR) is 112 cm³/mol. The summed E-state index contributed by atoms with van der Waals surface area (Å²) in [5, 5.41) is 5.29. The van der Waals surface area contributed by atoms with E-state index in [2.05, 4.69) is 11.4 Å². The number of rotatable bonds is 3. The second-order valence-corrected chi connectivity index (χ2v) is 8.07. The maximum Gasteiger partial charge on any atom is 0.321 e. The maximum atomic E-state index is 12.7. The highest BCUT2D eigenvalue weighted by Gasteiger charge is 2.25. The zero-order valence-electron chi connectivity index (χ0n) is 16.4. The van der Waals surface area contributed by atoms with E-state index in [0.717, 1.165) is 29.4 Å². The number of urea groups is 1. The lowest BCUT2D eigenvalue weighted by Gasteiger charge is -2.23. The first kappa shape index (κ1) is 18.8. The van der Waals surface area contributed by atoms with E-state index < -0.39 is 0 Å². The fourth-order valence-electron chi connectivity index (χ4n) is 4.43. The van der Waals surface area contributed by atoms with E-state index in [1.54, 1.807) is 0 Å². The average Bonchev–Trinajstić information content (AvgIpc) is 3.08. The van der Waals surface area contributed by atoms with Crippen LogP contribution in [0.1, 0.15) is 38.5 Å². The van der Waals surface area contributed by atoms with E-state index in [1.165, 1.54) is 25.7 Å². The highest BCUT2D eigenvalue weighted by atomic mass is 16.2. The van der Waals surface area contributed by atoms with Crippen molar-refractivity contribution in [1.82, 2.24) is 9.80 Å². The molecule has 28 heavy (non-hydrogen) atoms. The van der Waals surface area contributed by atoms with Gasteiger partial charge in [-0.3, -0.25) is 4.79 Å². The Morgan fingerprint density at radius 3 is 2.39 bits per heavy atom. The summed E-state index contributed by atoms with van der Waals surface area (Å²) in [5.41, 5.74) is 0.808. The minimum Gasteiger partial charge on any atom is -0.341 e. The summed E-state index contributed by atoms with van der Waals surface area (Å²) in [6.07, 6.45) is 6.44. The molecule has 0 bridgehead atoms. The first-order valence-corrected chi connectivity index (χ1v) is 10.5. The van der Waals surface area contributed by atoms with Gasteiger partial charge in [0.2, 0.25) is 5.91 Å². The number of fused-ring (bicyclic) bond motifs is 1. The van der Waals surface area contributed by atoms with E-state index in [0.29, 0.717) is 32.0 Å². The van der Waals surface area contributed by atoms with Gasteiger partial charge in [0.1, 0.15) is 0 Å². The molecule has 1 aliphatic carbocycles. The fourth-order valence-corrected chi connectivity index (χ4v) is 4.43. The quantitative estimate of drug-likeness (QED) is 0.854. The zero-order chi connectivity index (χ0) is 19.3. The number of carbonyl (C=O) groups is 2. The molecule has 1 heterocycles. The van der Waals surface area contributed by atoms with Crippen LogP contribution < -0.4 is 5.32 Å². The molecule has 1 aliphatic heterocycles. The van der Waals surface area contributed by atoms with Crippen LogP contribution in [0.5, 0.6) is 0 Å². The number of nitrogens with zero attached hydrogens (tertiary/aromatic N) is 2. The third kappa shape index (κ3) is 4.46. The molecule has 2 aromatic rings. The minimum atomic E-state index is -0.0830. The SMILES string of the molecule is O=C(CC1CCCC1)N1CCCN(C(=O)Nc2ccc3ccccc3c2)CC1. The third-order valence-electron chi connectivity index (χ3n) is 6.07. The van der Waals surface area contributed by atoms with Crippen molar-refractivity contribution in [1.29, 1.82) is 0 Å². The van der Waals surface area contributed by atoms with Crippen molar-refractivity contribution in [2.24, 2.45) is 5.92 Å². The standard InChI is InChI=1S/C23H29N3O2/c27-22(16-18-6-1-2-7-18)25-12-5-13-26(15-14-25)23(28)24-21-11-10-19-8-3-4-9-20(19)17-21/h3-4,8-11,17-18H,1-2,5-7,12-16H2,(H,24,28). The first-order chi connectivity index (χ1) is 13.7. The lowest BCUT2D eigenvalue weighted by molar-refractivity contribution is -0.132. The predicted octanol–water partition coefficient (Wildman–Crippen LogP) is 4.49. The molecule has 0 aromatic heterocycles. The summed E-state index contributed by atoms with van der Waals surface area (Å²) in [6.45, 7) is 2.67. The van der Waals surface area contributed by atoms with Crippen molar-refractivity contribution in [2.45, 2.75) is 38.5 Å². The van der Waals surface area contributed by atoms with Gasteiger partial charge < -0.3 is 15.1 Å². The fraction of sp³-hybridized carbons (Fsp3) is 0.478. The third-order valence-corrected chi connectivity index (χ3v) is 6.07.